The van der Waals surface area contributed by atoms with Crippen LogP contribution in [-0.2, 0) is 13.5 Å². The maximum atomic E-state index is 6.14. The first kappa shape index (κ1) is 11.9. The first-order valence-electron chi connectivity index (χ1n) is 7.26. The Morgan fingerprint density at radius 3 is 2.39 bits per heavy atom. The van der Waals surface area contributed by atoms with Gasteiger partial charge in [0.2, 0.25) is 0 Å². The lowest BCUT2D eigenvalue weighted by Gasteiger charge is -2.17. The third-order valence-corrected chi connectivity index (χ3v) is 4.46. The number of hydrogen-bond acceptors (Lipinski definition) is 3. The van der Waals surface area contributed by atoms with Gasteiger partial charge in [0.15, 0.2) is 0 Å². The highest BCUT2D eigenvalue weighted by molar-refractivity contribution is 5.65. The fourth-order valence-corrected chi connectivity index (χ4v) is 3.05. The molecule has 2 aliphatic rings. The Hall–Kier alpha value is -1.19. The molecular formula is C14H24N4. The van der Waals surface area contributed by atoms with Crippen LogP contribution in [0.4, 0.5) is 11.5 Å². The molecule has 2 aliphatic carbocycles. The quantitative estimate of drug-likeness (QED) is 0.813. The van der Waals surface area contributed by atoms with Crippen molar-refractivity contribution in [1.29, 1.82) is 0 Å². The Morgan fingerprint density at radius 2 is 1.94 bits per heavy atom. The van der Waals surface area contributed by atoms with Gasteiger partial charge in [-0.05, 0) is 49.9 Å². The van der Waals surface area contributed by atoms with E-state index in [1.165, 1.54) is 25.7 Å². The van der Waals surface area contributed by atoms with E-state index in [0.29, 0.717) is 0 Å². The highest BCUT2D eigenvalue weighted by atomic mass is 15.3. The molecule has 0 aromatic carbocycles. The van der Waals surface area contributed by atoms with Crippen LogP contribution in [-0.4, -0.2) is 16.3 Å². The van der Waals surface area contributed by atoms with Crippen LogP contribution < -0.4 is 11.1 Å². The molecule has 0 atom stereocenters. The molecular weight excluding hydrogens is 224 g/mol. The third-order valence-electron chi connectivity index (χ3n) is 4.46. The summed E-state index contributed by atoms with van der Waals surface area (Å²) in [5, 5.41) is 8.01. The molecule has 0 unspecified atom stereocenters. The van der Waals surface area contributed by atoms with E-state index < -0.39 is 0 Å². The molecule has 1 aromatic rings. The van der Waals surface area contributed by atoms with Crippen molar-refractivity contribution in [3.63, 3.8) is 0 Å². The summed E-state index contributed by atoms with van der Waals surface area (Å²) >= 11 is 0. The van der Waals surface area contributed by atoms with Crippen LogP contribution in [0.1, 0.15) is 38.3 Å². The molecule has 1 aromatic heterocycles. The second kappa shape index (κ2) is 4.48. The summed E-state index contributed by atoms with van der Waals surface area (Å²) in [5.74, 6) is 3.83. The van der Waals surface area contributed by atoms with Crippen LogP contribution in [0.25, 0.3) is 0 Å². The normalized spacial score (nSPS) is 19.5. The van der Waals surface area contributed by atoms with Crippen molar-refractivity contribution in [3.8, 4) is 0 Å². The van der Waals surface area contributed by atoms with Gasteiger partial charge in [-0.15, -0.1) is 0 Å². The molecule has 0 amide bonds. The van der Waals surface area contributed by atoms with Gasteiger partial charge >= 0.3 is 0 Å². The maximum Gasteiger partial charge on any atom is 0.147 e. The van der Waals surface area contributed by atoms with Gasteiger partial charge in [-0.1, -0.05) is 6.92 Å². The van der Waals surface area contributed by atoms with E-state index in [0.717, 1.165) is 47.9 Å². The summed E-state index contributed by atoms with van der Waals surface area (Å²) in [7, 11) is 1.97. The van der Waals surface area contributed by atoms with Crippen LogP contribution in [0.3, 0.4) is 0 Å². The lowest BCUT2D eigenvalue weighted by molar-refractivity contribution is 0.427. The van der Waals surface area contributed by atoms with E-state index in [1.54, 1.807) is 0 Å². The minimum absolute atomic E-state index is 0.838. The van der Waals surface area contributed by atoms with Gasteiger partial charge in [0.1, 0.15) is 5.82 Å². The summed E-state index contributed by atoms with van der Waals surface area (Å²) in [6.07, 6.45) is 6.64. The van der Waals surface area contributed by atoms with Gasteiger partial charge in [0.25, 0.3) is 0 Å². The van der Waals surface area contributed by atoms with Gasteiger partial charge in [0.05, 0.1) is 11.4 Å². The molecule has 1 heterocycles. The molecule has 0 saturated heterocycles. The number of nitrogen functional groups attached to an aromatic ring is 1. The van der Waals surface area contributed by atoms with E-state index in [1.807, 2.05) is 11.7 Å². The summed E-state index contributed by atoms with van der Waals surface area (Å²) in [6.45, 7) is 3.17. The Morgan fingerprint density at radius 1 is 1.33 bits per heavy atom. The standard InChI is InChI=1S/C14H24N4/c1-3-12-13(15)14(18(2)17-12)16-8-11(9-4-5-9)10-6-7-10/h9-11,16H,3-8,15H2,1-2H3. The van der Waals surface area contributed by atoms with Crippen molar-refractivity contribution < 1.29 is 0 Å². The van der Waals surface area contributed by atoms with Gasteiger partial charge < -0.3 is 11.1 Å². The van der Waals surface area contributed by atoms with Crippen molar-refractivity contribution >= 4 is 11.5 Å². The molecule has 18 heavy (non-hydrogen) atoms. The van der Waals surface area contributed by atoms with Crippen molar-refractivity contribution in [2.45, 2.75) is 39.0 Å². The zero-order valence-electron chi connectivity index (χ0n) is 11.4. The van der Waals surface area contributed by atoms with Crippen LogP contribution in [0, 0.1) is 17.8 Å². The zero-order chi connectivity index (χ0) is 12.7. The van der Waals surface area contributed by atoms with E-state index in [-0.39, 0.29) is 0 Å². The van der Waals surface area contributed by atoms with Gasteiger partial charge in [-0.25, -0.2) is 0 Å². The van der Waals surface area contributed by atoms with E-state index in [9.17, 15) is 0 Å². The van der Waals surface area contributed by atoms with Crippen molar-refractivity contribution in [2.75, 3.05) is 17.6 Å². The highest BCUT2D eigenvalue weighted by Crippen LogP contribution is 2.49. The Labute approximate surface area is 109 Å². The first-order chi connectivity index (χ1) is 8.70. The van der Waals surface area contributed by atoms with E-state index in [4.69, 9.17) is 5.73 Å². The molecule has 0 spiro atoms. The summed E-state index contributed by atoms with van der Waals surface area (Å²) in [4.78, 5) is 0. The van der Waals surface area contributed by atoms with Crippen LogP contribution in [0.15, 0.2) is 0 Å². The summed E-state index contributed by atoms with van der Waals surface area (Å²) in [6, 6.07) is 0. The zero-order valence-corrected chi connectivity index (χ0v) is 11.4. The molecule has 4 nitrogen and oxygen atoms in total. The first-order valence-corrected chi connectivity index (χ1v) is 7.26. The maximum absolute atomic E-state index is 6.14. The molecule has 100 valence electrons. The number of nitrogens with zero attached hydrogens (tertiary/aromatic N) is 2. The third kappa shape index (κ3) is 2.20. The van der Waals surface area contributed by atoms with Gasteiger partial charge in [0, 0.05) is 13.6 Å². The molecule has 3 rings (SSSR count). The van der Waals surface area contributed by atoms with Crippen molar-refractivity contribution in [1.82, 2.24) is 9.78 Å². The molecule has 4 heteroatoms. The monoisotopic (exact) mass is 248 g/mol. The molecule has 2 saturated carbocycles. The number of nitrogens with two attached hydrogens (primary N) is 1. The Kier molecular flexibility index (Phi) is 2.96. The van der Waals surface area contributed by atoms with E-state index >= 15 is 0 Å². The number of anilines is 2. The van der Waals surface area contributed by atoms with Crippen molar-refractivity contribution in [2.24, 2.45) is 24.8 Å². The minimum atomic E-state index is 0.838. The number of hydrogen-bond donors (Lipinski definition) is 2. The number of rotatable bonds is 6. The summed E-state index contributed by atoms with van der Waals surface area (Å²) < 4.78 is 1.89. The fraction of sp³-hybridized carbons (Fsp3) is 0.786. The topological polar surface area (TPSA) is 55.9 Å². The molecule has 2 fully saturated rings. The Balaban J connectivity index is 1.66. The largest absolute Gasteiger partial charge is 0.394 e. The highest BCUT2D eigenvalue weighted by Gasteiger charge is 2.41. The molecule has 0 aliphatic heterocycles. The lowest BCUT2D eigenvalue weighted by Crippen LogP contribution is -2.20. The number of nitrogens with one attached hydrogen (secondary N) is 1. The smallest absolute Gasteiger partial charge is 0.147 e. The number of aromatic nitrogens is 2. The summed E-state index contributed by atoms with van der Waals surface area (Å²) in [5.41, 5.74) is 7.99. The molecule has 0 radical (unpaired) electrons. The SMILES string of the molecule is CCc1nn(C)c(NCC(C2CC2)C2CC2)c1N. The van der Waals surface area contributed by atoms with Gasteiger partial charge in [-0.2, -0.15) is 5.10 Å². The van der Waals surface area contributed by atoms with Gasteiger partial charge in [-0.3, -0.25) is 4.68 Å². The molecule has 3 N–H and O–H groups in total. The van der Waals surface area contributed by atoms with E-state index in [2.05, 4.69) is 17.3 Å². The second-order valence-electron chi connectivity index (χ2n) is 5.91. The minimum Gasteiger partial charge on any atom is -0.394 e. The van der Waals surface area contributed by atoms with Crippen LogP contribution in [0.2, 0.25) is 0 Å². The Bertz CT molecular complexity index is 417. The predicted octanol–water partition coefficient (Wildman–Crippen LogP) is 2.41. The predicted molar refractivity (Wildman–Crippen MR) is 74.4 cm³/mol. The lowest BCUT2D eigenvalue weighted by atomic mass is 9.98. The van der Waals surface area contributed by atoms with Crippen LogP contribution >= 0.6 is 0 Å². The molecule has 0 bridgehead atoms. The van der Waals surface area contributed by atoms with Crippen molar-refractivity contribution in [3.05, 3.63) is 5.69 Å². The average molecular weight is 248 g/mol. The fourth-order valence-electron chi connectivity index (χ4n) is 3.05. The average Bonchev–Trinajstić information content (AvgIpc) is 3.24. The number of aryl methyl sites for hydroxylation is 2. The van der Waals surface area contributed by atoms with Crippen LogP contribution in [0.5, 0.6) is 0 Å². The second-order valence-corrected chi connectivity index (χ2v) is 5.91.